The number of aliphatic hydroxyl groups excluding tert-OH is 2. The summed E-state index contributed by atoms with van der Waals surface area (Å²) in [5.41, 5.74) is 0. The SMILES string of the molecule is CCCCCCCC/C=C\CCCCCCCCCCCC(=O)OCCCCCCCCCCCCCCCCCCCCCCCCCCCCCCCCCCCCCCCC(=O)NC(CO)C(O)/C=C/CCCCCCCCC. The first-order valence-corrected chi connectivity index (χ1v) is 37.6. The molecule has 0 rings (SSSR count). The van der Waals surface area contributed by atoms with E-state index >= 15 is 0 Å². The van der Waals surface area contributed by atoms with Crippen LogP contribution in [0.25, 0.3) is 0 Å². The zero-order valence-electron chi connectivity index (χ0n) is 55.8. The Balaban J connectivity index is 3.26. The molecule has 0 heterocycles. The molecule has 0 saturated carbocycles. The summed E-state index contributed by atoms with van der Waals surface area (Å²) in [5, 5.41) is 23.0. The number of ether oxygens (including phenoxy) is 1. The monoisotopic (exact) mass is 1150 g/mol. The normalized spacial score (nSPS) is 12.6. The van der Waals surface area contributed by atoms with E-state index in [0.29, 0.717) is 19.4 Å². The van der Waals surface area contributed by atoms with Gasteiger partial charge in [-0.1, -0.05) is 378 Å². The molecule has 6 heteroatoms. The molecular formula is C76H147NO5. The van der Waals surface area contributed by atoms with Crippen LogP contribution in [-0.2, 0) is 14.3 Å². The highest BCUT2D eigenvalue weighted by atomic mass is 16.5. The Labute approximate surface area is 513 Å². The predicted molar refractivity (Wildman–Crippen MR) is 361 cm³/mol. The van der Waals surface area contributed by atoms with Crippen molar-refractivity contribution in [2.24, 2.45) is 0 Å². The van der Waals surface area contributed by atoms with Gasteiger partial charge in [-0.3, -0.25) is 9.59 Å². The Kier molecular flexibility index (Phi) is 70.4. The van der Waals surface area contributed by atoms with E-state index in [1.807, 2.05) is 6.08 Å². The number of allylic oxidation sites excluding steroid dienone is 3. The number of amides is 1. The minimum absolute atomic E-state index is 0.0234. The lowest BCUT2D eigenvalue weighted by Gasteiger charge is -2.20. The predicted octanol–water partition coefficient (Wildman–Crippen LogP) is 24.5. The fraction of sp³-hybridized carbons (Fsp3) is 0.921. The van der Waals surface area contributed by atoms with Crippen LogP contribution in [0.2, 0.25) is 0 Å². The van der Waals surface area contributed by atoms with Crippen LogP contribution in [0, 0.1) is 0 Å². The molecule has 6 nitrogen and oxygen atoms in total. The Morgan fingerprint density at radius 1 is 0.329 bits per heavy atom. The number of carbonyl (C=O) groups excluding carboxylic acids is 2. The summed E-state index contributed by atoms with van der Waals surface area (Å²) in [6.07, 6.45) is 91.7. The van der Waals surface area contributed by atoms with Gasteiger partial charge in [0.15, 0.2) is 0 Å². The van der Waals surface area contributed by atoms with Gasteiger partial charge in [0, 0.05) is 12.8 Å². The van der Waals surface area contributed by atoms with Crippen molar-refractivity contribution < 1.29 is 24.5 Å². The van der Waals surface area contributed by atoms with E-state index in [9.17, 15) is 19.8 Å². The summed E-state index contributed by atoms with van der Waals surface area (Å²) in [7, 11) is 0. The van der Waals surface area contributed by atoms with E-state index in [2.05, 4.69) is 31.3 Å². The summed E-state index contributed by atoms with van der Waals surface area (Å²) >= 11 is 0. The number of carbonyl (C=O) groups is 2. The smallest absolute Gasteiger partial charge is 0.305 e. The van der Waals surface area contributed by atoms with Gasteiger partial charge in [-0.25, -0.2) is 0 Å². The van der Waals surface area contributed by atoms with Crippen molar-refractivity contribution in [3.05, 3.63) is 24.3 Å². The van der Waals surface area contributed by atoms with Crippen molar-refractivity contribution in [1.29, 1.82) is 0 Å². The molecule has 0 spiro atoms. The van der Waals surface area contributed by atoms with Gasteiger partial charge in [-0.05, 0) is 57.8 Å². The van der Waals surface area contributed by atoms with Gasteiger partial charge in [0.1, 0.15) is 0 Å². The standard InChI is InChI=1S/C76H147NO5/c1-3-5-7-9-11-13-14-15-16-17-37-41-44-47-50-54-58-62-66-70-76(81)82-71-67-63-59-55-51-48-45-42-39-36-34-32-30-28-26-24-22-20-18-19-21-23-25-27-29-31-33-35-38-40-43-46-49-53-57-61-65-69-75(80)77-73(72-78)74(79)68-64-60-56-52-12-10-8-6-4-2/h15-16,64,68,73-74,78-79H,3-14,17-63,65-67,69-72H2,1-2H3,(H,77,80)/b16-15-,68-64+. The first-order valence-electron chi connectivity index (χ1n) is 37.6. The topological polar surface area (TPSA) is 95.9 Å². The molecule has 0 aliphatic heterocycles. The van der Waals surface area contributed by atoms with Crippen LogP contribution in [0.15, 0.2) is 24.3 Å². The molecule has 0 bridgehead atoms. The molecule has 0 aromatic heterocycles. The Morgan fingerprint density at radius 2 is 0.573 bits per heavy atom. The molecule has 0 aromatic carbocycles. The van der Waals surface area contributed by atoms with Crippen LogP contribution in [-0.4, -0.2) is 47.4 Å². The second-order valence-electron chi connectivity index (χ2n) is 26.0. The maximum Gasteiger partial charge on any atom is 0.305 e. The van der Waals surface area contributed by atoms with Crippen molar-refractivity contribution in [2.75, 3.05) is 13.2 Å². The number of hydrogen-bond donors (Lipinski definition) is 3. The third kappa shape index (κ3) is 67.5. The number of rotatable bonds is 71. The molecule has 0 saturated heterocycles. The maximum absolute atomic E-state index is 12.4. The third-order valence-electron chi connectivity index (χ3n) is 17.7. The minimum atomic E-state index is -0.837. The summed E-state index contributed by atoms with van der Waals surface area (Å²) in [5.74, 6) is -0.0397. The summed E-state index contributed by atoms with van der Waals surface area (Å²) in [4.78, 5) is 24.5. The van der Waals surface area contributed by atoms with Crippen molar-refractivity contribution >= 4 is 11.9 Å². The maximum atomic E-state index is 12.4. The molecule has 0 aromatic rings. The van der Waals surface area contributed by atoms with Crippen LogP contribution >= 0.6 is 0 Å². The van der Waals surface area contributed by atoms with Crippen molar-refractivity contribution in [3.63, 3.8) is 0 Å². The Bertz CT molecular complexity index is 1280. The van der Waals surface area contributed by atoms with Gasteiger partial charge in [0.05, 0.1) is 25.4 Å². The molecule has 0 fully saturated rings. The van der Waals surface area contributed by atoms with Crippen molar-refractivity contribution in [1.82, 2.24) is 5.32 Å². The Morgan fingerprint density at radius 3 is 0.866 bits per heavy atom. The highest BCUT2D eigenvalue weighted by Crippen LogP contribution is 2.19. The molecule has 2 unspecified atom stereocenters. The average molecular weight is 1160 g/mol. The minimum Gasteiger partial charge on any atom is -0.466 e. The molecule has 1 amide bonds. The molecule has 0 aliphatic rings. The highest BCUT2D eigenvalue weighted by molar-refractivity contribution is 5.76. The molecule has 82 heavy (non-hydrogen) atoms. The summed E-state index contributed by atoms with van der Waals surface area (Å²) in [6.45, 7) is 4.91. The van der Waals surface area contributed by atoms with Crippen molar-refractivity contribution in [3.8, 4) is 0 Å². The highest BCUT2D eigenvalue weighted by Gasteiger charge is 2.18. The lowest BCUT2D eigenvalue weighted by Crippen LogP contribution is -2.45. The van der Waals surface area contributed by atoms with Crippen LogP contribution in [0.3, 0.4) is 0 Å². The first-order chi connectivity index (χ1) is 40.5. The number of hydrogen-bond acceptors (Lipinski definition) is 5. The number of nitrogens with one attached hydrogen (secondary N) is 1. The van der Waals surface area contributed by atoms with Crippen LogP contribution in [0.4, 0.5) is 0 Å². The quantitative estimate of drug-likeness (QED) is 0.0320. The second kappa shape index (κ2) is 71.8. The van der Waals surface area contributed by atoms with Gasteiger partial charge in [0.2, 0.25) is 5.91 Å². The molecule has 3 N–H and O–H groups in total. The molecule has 0 aliphatic carbocycles. The summed E-state index contributed by atoms with van der Waals surface area (Å²) in [6, 6.07) is -0.621. The fourth-order valence-electron chi connectivity index (χ4n) is 12.0. The van der Waals surface area contributed by atoms with E-state index in [0.717, 1.165) is 38.5 Å². The van der Waals surface area contributed by atoms with Gasteiger partial charge >= 0.3 is 5.97 Å². The number of unbranched alkanes of at least 4 members (excludes halogenated alkanes) is 58. The van der Waals surface area contributed by atoms with E-state index < -0.39 is 12.1 Å². The van der Waals surface area contributed by atoms with E-state index in [-0.39, 0.29) is 18.5 Å². The van der Waals surface area contributed by atoms with Gasteiger partial charge < -0.3 is 20.3 Å². The number of aliphatic hydroxyl groups is 2. The average Bonchev–Trinajstić information content (AvgIpc) is 3.48. The van der Waals surface area contributed by atoms with Crippen LogP contribution < -0.4 is 5.32 Å². The lowest BCUT2D eigenvalue weighted by atomic mass is 10.0. The zero-order chi connectivity index (χ0) is 59.2. The van der Waals surface area contributed by atoms with E-state index in [1.54, 1.807) is 6.08 Å². The molecular weight excluding hydrogens is 1010 g/mol. The first kappa shape index (κ1) is 80.3. The number of esters is 1. The molecule has 0 radical (unpaired) electrons. The Hall–Kier alpha value is -1.66. The van der Waals surface area contributed by atoms with Gasteiger partial charge in [0.25, 0.3) is 0 Å². The zero-order valence-corrected chi connectivity index (χ0v) is 55.8. The molecule has 486 valence electrons. The third-order valence-corrected chi connectivity index (χ3v) is 17.7. The summed E-state index contributed by atoms with van der Waals surface area (Å²) < 4.78 is 5.52. The largest absolute Gasteiger partial charge is 0.466 e. The van der Waals surface area contributed by atoms with E-state index in [1.165, 1.54) is 360 Å². The van der Waals surface area contributed by atoms with E-state index in [4.69, 9.17) is 4.74 Å². The second-order valence-corrected chi connectivity index (χ2v) is 26.0. The van der Waals surface area contributed by atoms with Gasteiger partial charge in [-0.2, -0.15) is 0 Å². The van der Waals surface area contributed by atoms with Crippen LogP contribution in [0.1, 0.15) is 425 Å². The van der Waals surface area contributed by atoms with Crippen molar-refractivity contribution in [2.45, 2.75) is 437 Å². The molecule has 2 atom stereocenters. The van der Waals surface area contributed by atoms with Crippen LogP contribution in [0.5, 0.6) is 0 Å². The van der Waals surface area contributed by atoms with Gasteiger partial charge in [-0.15, -0.1) is 0 Å². The fourth-order valence-corrected chi connectivity index (χ4v) is 12.0. The lowest BCUT2D eigenvalue weighted by molar-refractivity contribution is -0.143.